The lowest BCUT2D eigenvalue weighted by Gasteiger charge is -2.13. The van der Waals surface area contributed by atoms with E-state index in [9.17, 15) is 9.59 Å². The molecule has 0 unspecified atom stereocenters. The molecule has 3 N–H and O–H groups in total. The first-order valence-electron chi connectivity index (χ1n) is 8.59. The Hall–Kier alpha value is -2.86. The second kappa shape index (κ2) is 7.80. The molecule has 3 rings (SSSR count). The van der Waals surface area contributed by atoms with Crippen molar-refractivity contribution in [1.29, 1.82) is 0 Å². The van der Waals surface area contributed by atoms with Gasteiger partial charge in [-0.25, -0.2) is 4.98 Å². The monoisotopic (exact) mass is 379 g/mol. The minimum absolute atomic E-state index is 0.129. The fourth-order valence-corrected chi connectivity index (χ4v) is 3.70. The van der Waals surface area contributed by atoms with Gasteiger partial charge in [-0.05, 0) is 62.2 Å². The number of nitrogens with two attached hydrogens (primary N) is 1. The fraction of sp³-hybridized carbons (Fsp3) is 0.190. The molecule has 5 nitrogen and oxygen atoms in total. The number of rotatable bonds is 5. The smallest absolute Gasteiger partial charge is 0.248 e. The number of benzene rings is 2. The largest absolute Gasteiger partial charge is 0.366 e. The van der Waals surface area contributed by atoms with E-state index in [0.717, 1.165) is 27.1 Å². The van der Waals surface area contributed by atoms with Gasteiger partial charge in [0.15, 0.2) is 0 Å². The topological polar surface area (TPSA) is 85.1 Å². The van der Waals surface area contributed by atoms with E-state index in [1.54, 1.807) is 24.3 Å². The average molecular weight is 379 g/mol. The number of amides is 2. The van der Waals surface area contributed by atoms with Crippen LogP contribution in [-0.2, 0) is 4.79 Å². The lowest BCUT2D eigenvalue weighted by Crippen LogP contribution is -2.22. The minimum atomic E-state index is -0.496. The molecule has 3 aromatic rings. The van der Waals surface area contributed by atoms with Crippen molar-refractivity contribution in [2.45, 2.75) is 31.0 Å². The Labute approximate surface area is 162 Å². The SMILES string of the molecule is Cc1cc(S[C@@H](C)C(=O)Nc2ccc(C(N)=O)cc2)nc2c(C)cccc12. The van der Waals surface area contributed by atoms with Crippen LogP contribution in [0.4, 0.5) is 5.69 Å². The van der Waals surface area contributed by atoms with Gasteiger partial charge in [0.05, 0.1) is 15.8 Å². The molecule has 0 saturated heterocycles. The predicted octanol–water partition coefficient (Wildman–Crippen LogP) is 4.07. The third kappa shape index (κ3) is 4.28. The van der Waals surface area contributed by atoms with Crippen molar-refractivity contribution >= 4 is 40.2 Å². The maximum Gasteiger partial charge on any atom is 0.248 e. The molecule has 0 spiro atoms. The number of anilines is 1. The normalized spacial score (nSPS) is 12.0. The van der Waals surface area contributed by atoms with Crippen molar-refractivity contribution in [2.24, 2.45) is 5.73 Å². The number of pyridine rings is 1. The third-order valence-corrected chi connectivity index (χ3v) is 5.35. The van der Waals surface area contributed by atoms with Crippen LogP contribution < -0.4 is 11.1 Å². The summed E-state index contributed by atoms with van der Waals surface area (Å²) in [5.41, 5.74) is 9.47. The van der Waals surface area contributed by atoms with Crippen molar-refractivity contribution in [3.8, 4) is 0 Å². The lowest BCUT2D eigenvalue weighted by molar-refractivity contribution is -0.115. The molecule has 6 heteroatoms. The molecule has 0 aliphatic rings. The number of para-hydroxylation sites is 1. The molecule has 2 amide bonds. The van der Waals surface area contributed by atoms with Crippen molar-refractivity contribution in [1.82, 2.24) is 4.98 Å². The second-order valence-electron chi connectivity index (χ2n) is 6.44. The molecule has 0 saturated carbocycles. The number of thioether (sulfide) groups is 1. The summed E-state index contributed by atoms with van der Waals surface area (Å²) < 4.78 is 0. The first kappa shape index (κ1) is 18.9. The number of carbonyl (C=O) groups is 2. The van der Waals surface area contributed by atoms with E-state index in [0.29, 0.717) is 11.3 Å². The fourth-order valence-electron chi connectivity index (χ4n) is 2.79. The quantitative estimate of drug-likeness (QED) is 0.655. The van der Waals surface area contributed by atoms with E-state index in [4.69, 9.17) is 10.7 Å². The molecule has 0 aliphatic carbocycles. The molecule has 0 bridgehead atoms. The summed E-state index contributed by atoms with van der Waals surface area (Å²) in [4.78, 5) is 28.3. The molecule has 138 valence electrons. The Balaban J connectivity index is 1.73. The summed E-state index contributed by atoms with van der Waals surface area (Å²) in [5.74, 6) is -0.624. The third-order valence-electron chi connectivity index (χ3n) is 4.33. The molecule has 0 fully saturated rings. The summed E-state index contributed by atoms with van der Waals surface area (Å²) in [7, 11) is 0. The van der Waals surface area contributed by atoms with Crippen LogP contribution in [0.2, 0.25) is 0 Å². The summed E-state index contributed by atoms with van der Waals surface area (Å²) in [6.45, 7) is 5.94. The van der Waals surface area contributed by atoms with Crippen LogP contribution >= 0.6 is 11.8 Å². The van der Waals surface area contributed by atoms with Gasteiger partial charge >= 0.3 is 0 Å². The number of aromatic nitrogens is 1. The zero-order valence-electron chi connectivity index (χ0n) is 15.4. The van der Waals surface area contributed by atoms with Crippen LogP contribution in [0, 0.1) is 13.8 Å². The molecule has 1 atom stereocenters. The number of carbonyl (C=O) groups excluding carboxylic acids is 2. The Kier molecular flexibility index (Phi) is 5.46. The van der Waals surface area contributed by atoms with Crippen LogP contribution in [0.1, 0.15) is 28.4 Å². The van der Waals surface area contributed by atoms with Gasteiger partial charge < -0.3 is 11.1 Å². The maximum atomic E-state index is 12.5. The molecule has 1 aromatic heterocycles. The van der Waals surface area contributed by atoms with Crippen LogP contribution in [0.5, 0.6) is 0 Å². The molecule has 0 aliphatic heterocycles. The van der Waals surface area contributed by atoms with Crippen molar-refractivity contribution < 1.29 is 9.59 Å². The Morgan fingerprint density at radius 1 is 1.07 bits per heavy atom. The average Bonchev–Trinajstić information content (AvgIpc) is 2.63. The van der Waals surface area contributed by atoms with E-state index in [1.807, 2.05) is 32.0 Å². The van der Waals surface area contributed by atoms with Gasteiger partial charge in [-0.3, -0.25) is 9.59 Å². The van der Waals surface area contributed by atoms with E-state index >= 15 is 0 Å². The zero-order valence-corrected chi connectivity index (χ0v) is 16.3. The van der Waals surface area contributed by atoms with Crippen LogP contribution in [-0.4, -0.2) is 22.0 Å². The van der Waals surface area contributed by atoms with Crippen LogP contribution in [0.15, 0.2) is 53.6 Å². The number of fused-ring (bicyclic) bond motifs is 1. The molecule has 0 radical (unpaired) electrons. The number of nitrogens with zero attached hydrogens (tertiary/aromatic N) is 1. The summed E-state index contributed by atoms with van der Waals surface area (Å²) in [5, 5.41) is 4.48. The van der Waals surface area contributed by atoms with Gasteiger partial charge in [-0.1, -0.05) is 30.0 Å². The van der Waals surface area contributed by atoms with Crippen molar-refractivity contribution in [3.63, 3.8) is 0 Å². The standard InChI is InChI=1S/C21H21N3O2S/c1-12-5-4-6-17-13(2)11-18(24-19(12)17)27-14(3)21(26)23-16-9-7-15(8-10-16)20(22)25/h4-11,14H,1-3H3,(H2,22,25)(H,23,26)/t14-/m0/s1. The predicted molar refractivity (Wildman–Crippen MR) is 110 cm³/mol. The highest BCUT2D eigenvalue weighted by atomic mass is 32.2. The maximum absolute atomic E-state index is 12.5. The highest BCUT2D eigenvalue weighted by Gasteiger charge is 2.16. The van der Waals surface area contributed by atoms with Crippen molar-refractivity contribution in [2.75, 3.05) is 5.32 Å². The highest BCUT2D eigenvalue weighted by Crippen LogP contribution is 2.28. The zero-order chi connectivity index (χ0) is 19.6. The summed E-state index contributed by atoms with van der Waals surface area (Å²) >= 11 is 1.42. The molecule has 1 heterocycles. The molecular weight excluding hydrogens is 358 g/mol. The molecule has 2 aromatic carbocycles. The second-order valence-corrected chi connectivity index (χ2v) is 7.80. The number of hydrogen-bond donors (Lipinski definition) is 2. The van der Waals surface area contributed by atoms with Gasteiger partial charge in [0.2, 0.25) is 11.8 Å². The number of aryl methyl sites for hydroxylation is 2. The van der Waals surface area contributed by atoms with E-state index in [-0.39, 0.29) is 11.2 Å². The number of nitrogens with one attached hydrogen (secondary N) is 1. The van der Waals surface area contributed by atoms with Crippen molar-refractivity contribution in [3.05, 3.63) is 65.2 Å². The number of primary amides is 1. The Morgan fingerprint density at radius 2 is 1.78 bits per heavy atom. The van der Waals surface area contributed by atoms with Gasteiger partial charge in [-0.15, -0.1) is 0 Å². The van der Waals surface area contributed by atoms with Gasteiger partial charge in [0.25, 0.3) is 0 Å². The van der Waals surface area contributed by atoms with Gasteiger partial charge in [0, 0.05) is 16.6 Å². The van der Waals surface area contributed by atoms with Gasteiger partial charge in [0.1, 0.15) is 0 Å². The van der Waals surface area contributed by atoms with Gasteiger partial charge in [-0.2, -0.15) is 0 Å². The summed E-state index contributed by atoms with van der Waals surface area (Å²) in [6.07, 6.45) is 0. The Bertz CT molecular complexity index is 1020. The van der Waals surface area contributed by atoms with E-state index < -0.39 is 5.91 Å². The van der Waals surface area contributed by atoms with Crippen LogP contribution in [0.3, 0.4) is 0 Å². The molecular formula is C21H21N3O2S. The summed E-state index contributed by atoms with van der Waals surface area (Å²) in [6, 6.07) is 14.6. The Morgan fingerprint density at radius 3 is 2.44 bits per heavy atom. The molecule has 27 heavy (non-hydrogen) atoms. The highest BCUT2D eigenvalue weighted by molar-refractivity contribution is 8.00. The lowest BCUT2D eigenvalue weighted by atomic mass is 10.1. The van der Waals surface area contributed by atoms with E-state index in [1.165, 1.54) is 11.8 Å². The van der Waals surface area contributed by atoms with Crippen LogP contribution in [0.25, 0.3) is 10.9 Å². The first-order valence-corrected chi connectivity index (χ1v) is 9.47. The minimum Gasteiger partial charge on any atom is -0.366 e. The number of hydrogen-bond acceptors (Lipinski definition) is 4. The first-order chi connectivity index (χ1) is 12.8. The van der Waals surface area contributed by atoms with E-state index in [2.05, 4.69) is 18.3 Å².